The van der Waals surface area contributed by atoms with Crippen molar-refractivity contribution in [3.63, 3.8) is 0 Å². The summed E-state index contributed by atoms with van der Waals surface area (Å²) < 4.78 is 28.2. The zero-order valence-corrected chi connectivity index (χ0v) is 12.6. The van der Waals surface area contributed by atoms with Gasteiger partial charge in [0.1, 0.15) is 6.67 Å². The van der Waals surface area contributed by atoms with Crippen LogP contribution in [-0.2, 0) is 6.54 Å². The Bertz CT molecular complexity index is 848. The Hall–Kier alpha value is -2.62. The maximum Gasteiger partial charge on any atom is 0.360 e. The molecule has 0 aliphatic carbocycles. The Morgan fingerprint density at radius 2 is 2.08 bits per heavy atom. The Morgan fingerprint density at radius 3 is 2.71 bits per heavy atom. The molecule has 3 heterocycles. The smallest absolute Gasteiger partial charge is 0.360 e. The lowest BCUT2D eigenvalue weighted by molar-refractivity contribution is 0.0686. The van der Waals surface area contributed by atoms with E-state index in [4.69, 9.17) is 5.11 Å². The van der Waals surface area contributed by atoms with E-state index in [9.17, 15) is 18.4 Å². The summed E-state index contributed by atoms with van der Waals surface area (Å²) in [5.41, 5.74) is -1.75. The summed E-state index contributed by atoms with van der Waals surface area (Å²) in [7, 11) is 0. The van der Waals surface area contributed by atoms with Gasteiger partial charge in [-0.3, -0.25) is 4.79 Å². The highest BCUT2D eigenvalue weighted by atomic mass is 19.1. The molecule has 2 N–H and O–H groups in total. The van der Waals surface area contributed by atoms with Gasteiger partial charge in [-0.05, 0) is 6.07 Å². The lowest BCUT2D eigenvalue weighted by Crippen LogP contribution is -2.44. The van der Waals surface area contributed by atoms with Gasteiger partial charge in [0.2, 0.25) is 11.1 Å². The number of anilines is 1. The summed E-state index contributed by atoms with van der Waals surface area (Å²) >= 11 is 0. The normalized spacial score (nSPS) is 15.0. The maximum atomic E-state index is 14.4. The van der Waals surface area contributed by atoms with Crippen molar-refractivity contribution in [1.82, 2.24) is 20.1 Å². The number of rotatable bonds is 4. The monoisotopic (exact) mass is 339 g/mol. The van der Waals surface area contributed by atoms with E-state index in [0.717, 1.165) is 10.7 Å². The van der Waals surface area contributed by atoms with Crippen LogP contribution in [0.2, 0.25) is 0 Å². The minimum Gasteiger partial charge on any atom is -0.476 e. The summed E-state index contributed by atoms with van der Waals surface area (Å²) in [6.07, 6.45) is 0. The lowest BCUT2D eigenvalue weighted by atomic mass is 10.2. The average molecular weight is 339 g/mol. The fourth-order valence-corrected chi connectivity index (χ4v) is 2.65. The number of aromatic nitrogens is 3. The molecular weight excluding hydrogens is 324 g/mol. The molecule has 128 valence electrons. The predicted molar refractivity (Wildman–Crippen MR) is 81.8 cm³/mol. The molecule has 0 saturated carbocycles. The van der Waals surface area contributed by atoms with Crippen molar-refractivity contribution in [3.05, 3.63) is 27.8 Å². The topological polar surface area (TPSA) is 100 Å². The number of pyridine rings is 1. The summed E-state index contributed by atoms with van der Waals surface area (Å²) in [6, 6.07) is 0.949. The third-order valence-corrected chi connectivity index (χ3v) is 3.78. The Balaban J connectivity index is 2.24. The van der Waals surface area contributed by atoms with E-state index >= 15 is 0 Å². The number of carbonyl (C=O) groups is 1. The first-order chi connectivity index (χ1) is 11.5. The second-order valence-electron chi connectivity index (χ2n) is 5.30. The molecule has 1 saturated heterocycles. The molecule has 0 radical (unpaired) electrons. The van der Waals surface area contributed by atoms with Crippen LogP contribution in [0.25, 0.3) is 11.0 Å². The number of fused-ring (bicyclic) bond motifs is 1. The van der Waals surface area contributed by atoms with Crippen molar-refractivity contribution >= 4 is 22.8 Å². The first-order valence-electron chi connectivity index (χ1n) is 7.39. The van der Waals surface area contributed by atoms with Crippen LogP contribution < -0.4 is 15.6 Å². The predicted octanol–water partition coefficient (Wildman–Crippen LogP) is 0.00790. The quantitative estimate of drug-likeness (QED) is 0.809. The molecular formula is C14H15F2N5O3. The third kappa shape index (κ3) is 2.80. The number of piperazine rings is 1. The van der Waals surface area contributed by atoms with Crippen LogP contribution in [0.4, 0.5) is 14.6 Å². The summed E-state index contributed by atoms with van der Waals surface area (Å²) in [5, 5.41) is 15.6. The van der Waals surface area contributed by atoms with Gasteiger partial charge in [-0.1, -0.05) is 0 Å². The fraction of sp³-hybridized carbons (Fsp3) is 0.429. The Kier molecular flexibility index (Phi) is 4.38. The van der Waals surface area contributed by atoms with Crippen molar-refractivity contribution in [3.8, 4) is 0 Å². The Morgan fingerprint density at radius 1 is 1.38 bits per heavy atom. The largest absolute Gasteiger partial charge is 0.476 e. The van der Waals surface area contributed by atoms with Crippen LogP contribution in [0.5, 0.6) is 0 Å². The second-order valence-corrected chi connectivity index (χ2v) is 5.30. The van der Waals surface area contributed by atoms with Gasteiger partial charge in [-0.25, -0.2) is 23.2 Å². The molecule has 2 aromatic rings. The molecule has 10 heteroatoms. The zero-order valence-electron chi connectivity index (χ0n) is 12.6. The summed E-state index contributed by atoms with van der Waals surface area (Å²) in [6.45, 7) is 1.27. The van der Waals surface area contributed by atoms with Gasteiger partial charge in [0.15, 0.2) is 17.3 Å². The molecule has 24 heavy (non-hydrogen) atoms. The SMILES string of the molecule is O=C(O)c1nn(CCF)c2nc(N3CCNCC3)c(F)cc2c1=O. The molecule has 2 aromatic heterocycles. The highest BCUT2D eigenvalue weighted by Crippen LogP contribution is 2.21. The van der Waals surface area contributed by atoms with E-state index in [0.29, 0.717) is 26.2 Å². The number of aryl methyl sites for hydroxylation is 1. The minimum atomic E-state index is -1.55. The minimum absolute atomic E-state index is 0.0300. The van der Waals surface area contributed by atoms with Crippen LogP contribution in [0, 0.1) is 5.82 Å². The summed E-state index contributed by atoms with van der Waals surface area (Å²) in [4.78, 5) is 29.2. The summed E-state index contributed by atoms with van der Waals surface area (Å²) in [5.74, 6) is -2.24. The van der Waals surface area contributed by atoms with Crippen molar-refractivity contribution in [2.75, 3.05) is 37.8 Å². The van der Waals surface area contributed by atoms with Gasteiger partial charge in [0, 0.05) is 26.2 Å². The van der Waals surface area contributed by atoms with Crippen LogP contribution in [0.3, 0.4) is 0 Å². The fourth-order valence-electron chi connectivity index (χ4n) is 2.65. The molecule has 1 aliphatic heterocycles. The average Bonchev–Trinajstić information content (AvgIpc) is 2.57. The van der Waals surface area contributed by atoms with Gasteiger partial charge >= 0.3 is 5.97 Å². The molecule has 0 amide bonds. The molecule has 1 aliphatic rings. The van der Waals surface area contributed by atoms with E-state index in [-0.39, 0.29) is 23.4 Å². The number of nitrogens with one attached hydrogen (secondary N) is 1. The van der Waals surface area contributed by atoms with Crippen LogP contribution >= 0.6 is 0 Å². The van der Waals surface area contributed by atoms with E-state index < -0.39 is 29.6 Å². The van der Waals surface area contributed by atoms with Crippen molar-refractivity contribution in [2.45, 2.75) is 6.54 Å². The molecule has 0 spiro atoms. The zero-order chi connectivity index (χ0) is 17.3. The van der Waals surface area contributed by atoms with Gasteiger partial charge in [-0.2, -0.15) is 5.10 Å². The molecule has 8 nitrogen and oxygen atoms in total. The number of alkyl halides is 1. The highest BCUT2D eigenvalue weighted by molar-refractivity contribution is 5.89. The van der Waals surface area contributed by atoms with Gasteiger partial charge in [0.05, 0.1) is 11.9 Å². The number of halogens is 2. The number of carboxylic acids is 1. The van der Waals surface area contributed by atoms with Crippen LogP contribution in [0.1, 0.15) is 10.5 Å². The molecule has 0 bridgehead atoms. The van der Waals surface area contributed by atoms with E-state index in [1.165, 1.54) is 0 Å². The van der Waals surface area contributed by atoms with Crippen LogP contribution in [0.15, 0.2) is 10.9 Å². The van der Waals surface area contributed by atoms with Gasteiger partial charge < -0.3 is 15.3 Å². The number of hydrogen-bond acceptors (Lipinski definition) is 6. The first kappa shape index (κ1) is 16.2. The molecule has 0 atom stereocenters. The molecule has 1 fully saturated rings. The molecule has 0 aromatic carbocycles. The highest BCUT2D eigenvalue weighted by Gasteiger charge is 2.22. The lowest BCUT2D eigenvalue weighted by Gasteiger charge is -2.28. The third-order valence-electron chi connectivity index (χ3n) is 3.78. The standard InChI is InChI=1S/C14H15F2N5O3/c15-1-4-21-12-8(11(22)10(19-21)14(23)24)7-9(16)13(18-12)20-5-2-17-3-6-20/h7,17H,1-6H2,(H,23,24). The molecule has 3 rings (SSSR count). The van der Waals surface area contributed by atoms with Gasteiger partial charge in [-0.15, -0.1) is 0 Å². The van der Waals surface area contributed by atoms with E-state index in [2.05, 4.69) is 15.4 Å². The number of carboxylic acid groups (broad SMARTS) is 1. The number of nitrogens with zero attached hydrogens (tertiary/aromatic N) is 4. The van der Waals surface area contributed by atoms with E-state index in [1.807, 2.05) is 0 Å². The Labute approximate surface area is 134 Å². The van der Waals surface area contributed by atoms with Crippen LogP contribution in [-0.4, -0.2) is 58.7 Å². The van der Waals surface area contributed by atoms with Crippen molar-refractivity contribution in [2.24, 2.45) is 0 Å². The number of hydrogen-bond donors (Lipinski definition) is 2. The van der Waals surface area contributed by atoms with Crippen molar-refractivity contribution in [1.29, 1.82) is 0 Å². The van der Waals surface area contributed by atoms with Crippen molar-refractivity contribution < 1.29 is 18.7 Å². The molecule has 0 unspecified atom stereocenters. The van der Waals surface area contributed by atoms with E-state index in [1.54, 1.807) is 4.90 Å². The number of aromatic carboxylic acids is 1. The van der Waals surface area contributed by atoms with Gasteiger partial charge in [0.25, 0.3) is 0 Å². The first-order valence-corrected chi connectivity index (χ1v) is 7.39. The maximum absolute atomic E-state index is 14.4. The second kappa shape index (κ2) is 6.48.